The highest BCUT2D eigenvalue weighted by atomic mass is 16.6. The predicted octanol–water partition coefficient (Wildman–Crippen LogP) is 2.16. The van der Waals surface area contributed by atoms with Crippen molar-refractivity contribution in [2.75, 3.05) is 45.3 Å². The Hall–Kier alpha value is -2.63. The molecule has 0 aliphatic carbocycles. The zero-order valence-corrected chi connectivity index (χ0v) is 15.5. The van der Waals surface area contributed by atoms with Crippen LogP contribution in [0.2, 0.25) is 0 Å². The molecule has 3 heterocycles. The first-order valence-electron chi connectivity index (χ1n) is 9.21. The van der Waals surface area contributed by atoms with Crippen LogP contribution >= 0.6 is 0 Å². The molecule has 8 heteroatoms. The summed E-state index contributed by atoms with van der Waals surface area (Å²) in [6, 6.07) is 4.31. The van der Waals surface area contributed by atoms with Gasteiger partial charge in [-0.15, -0.1) is 0 Å². The van der Waals surface area contributed by atoms with Gasteiger partial charge in [0.2, 0.25) is 0 Å². The molecule has 0 aromatic carbocycles. The number of aromatic amines is 1. The zero-order valence-electron chi connectivity index (χ0n) is 15.5. The number of carbonyl (C=O) groups excluding carboxylic acids is 1. The fourth-order valence-corrected chi connectivity index (χ4v) is 3.40. The van der Waals surface area contributed by atoms with Crippen molar-refractivity contribution >= 4 is 22.7 Å². The van der Waals surface area contributed by atoms with Gasteiger partial charge in [0.25, 0.3) is 0 Å². The van der Waals surface area contributed by atoms with Crippen molar-refractivity contribution in [1.82, 2.24) is 14.9 Å². The minimum absolute atomic E-state index is 0.198. The molecule has 2 aromatic rings. The van der Waals surface area contributed by atoms with Crippen LogP contribution in [0.15, 0.2) is 18.5 Å². The van der Waals surface area contributed by atoms with Crippen LogP contribution < -0.4 is 5.32 Å². The lowest BCUT2D eigenvalue weighted by atomic mass is 10.0. The number of carbonyl (C=O) groups is 1. The molecule has 1 saturated heterocycles. The largest absolute Gasteiger partial charge is 0.460 e. The van der Waals surface area contributed by atoms with Gasteiger partial charge in [-0.05, 0) is 25.5 Å². The second-order valence-corrected chi connectivity index (χ2v) is 6.61. The molecule has 0 unspecified atom stereocenters. The second kappa shape index (κ2) is 9.35. The molecular weight excluding hydrogens is 346 g/mol. The first kappa shape index (κ1) is 19.1. The molecule has 1 fully saturated rings. The van der Waals surface area contributed by atoms with E-state index in [0.717, 1.165) is 49.2 Å². The van der Waals surface area contributed by atoms with E-state index in [2.05, 4.69) is 26.3 Å². The quantitative estimate of drug-likeness (QED) is 0.541. The molecule has 2 N–H and O–H groups in total. The normalized spacial score (nSPS) is 17.6. The molecule has 144 valence electrons. The number of hydrogen-bond acceptors (Lipinski definition) is 7. The minimum atomic E-state index is -0.415. The molecular formula is C19H25N5O3. The molecule has 1 atom stereocenters. The molecule has 0 bridgehead atoms. The Morgan fingerprint density at radius 1 is 1.52 bits per heavy atom. The number of methoxy groups -OCH3 is 1. The standard InChI is InChI=1S/C19H25N5O3/c1-26-10-11-27-19(25)16-12-22-18-15(5-7-21-18)17(16)23-14-4-2-8-24(13-14)9-3-6-20/h5,7,12,14H,2-4,8-11,13H2,1H3,(H2,21,22,23)/t14-/m0/s1. The van der Waals surface area contributed by atoms with Crippen molar-refractivity contribution in [3.05, 3.63) is 24.0 Å². The lowest BCUT2D eigenvalue weighted by Crippen LogP contribution is -2.42. The summed E-state index contributed by atoms with van der Waals surface area (Å²) in [4.78, 5) is 22.2. The topological polar surface area (TPSA) is 103 Å². The maximum atomic E-state index is 12.5. The summed E-state index contributed by atoms with van der Waals surface area (Å²) in [5.74, 6) is -0.415. The summed E-state index contributed by atoms with van der Waals surface area (Å²) in [6.45, 7) is 3.17. The number of ether oxygens (including phenoxy) is 2. The summed E-state index contributed by atoms with van der Waals surface area (Å²) < 4.78 is 10.2. The van der Waals surface area contributed by atoms with Gasteiger partial charge in [0.1, 0.15) is 17.8 Å². The Balaban J connectivity index is 1.79. The van der Waals surface area contributed by atoms with E-state index >= 15 is 0 Å². The Labute approximate surface area is 158 Å². The van der Waals surface area contributed by atoms with Gasteiger partial charge in [-0.25, -0.2) is 9.78 Å². The van der Waals surface area contributed by atoms with Crippen molar-refractivity contribution in [3.8, 4) is 6.07 Å². The van der Waals surface area contributed by atoms with Crippen LogP contribution in [0, 0.1) is 11.3 Å². The predicted molar refractivity (Wildman–Crippen MR) is 102 cm³/mol. The molecule has 1 aliphatic heterocycles. The van der Waals surface area contributed by atoms with Gasteiger partial charge in [0.15, 0.2) is 0 Å². The van der Waals surface area contributed by atoms with Crippen LogP contribution in [0.5, 0.6) is 0 Å². The molecule has 8 nitrogen and oxygen atoms in total. The number of rotatable bonds is 8. The van der Waals surface area contributed by atoms with Gasteiger partial charge < -0.3 is 24.7 Å². The number of nitrogens with zero attached hydrogens (tertiary/aromatic N) is 3. The first-order valence-corrected chi connectivity index (χ1v) is 9.21. The van der Waals surface area contributed by atoms with Crippen LogP contribution in [0.25, 0.3) is 11.0 Å². The lowest BCUT2D eigenvalue weighted by Gasteiger charge is -2.33. The molecule has 27 heavy (non-hydrogen) atoms. The van der Waals surface area contributed by atoms with Crippen LogP contribution in [0.4, 0.5) is 5.69 Å². The molecule has 0 spiro atoms. The van der Waals surface area contributed by atoms with Crippen molar-refractivity contribution in [3.63, 3.8) is 0 Å². The van der Waals surface area contributed by atoms with E-state index < -0.39 is 5.97 Å². The molecule has 2 aromatic heterocycles. The number of fused-ring (bicyclic) bond motifs is 1. The summed E-state index contributed by atoms with van der Waals surface area (Å²) in [5, 5.41) is 13.2. The average Bonchev–Trinajstić information content (AvgIpc) is 3.16. The highest BCUT2D eigenvalue weighted by molar-refractivity contribution is 6.04. The fourth-order valence-electron chi connectivity index (χ4n) is 3.40. The first-order chi connectivity index (χ1) is 13.2. The Morgan fingerprint density at radius 3 is 3.22 bits per heavy atom. The minimum Gasteiger partial charge on any atom is -0.460 e. The highest BCUT2D eigenvalue weighted by Crippen LogP contribution is 2.28. The third-order valence-electron chi connectivity index (χ3n) is 4.72. The SMILES string of the molecule is COCCOC(=O)c1cnc2[nH]ccc2c1N[C@H]1CCCN(CCC#N)C1. The molecule has 1 aliphatic rings. The number of piperidine rings is 1. The van der Waals surface area contributed by atoms with Gasteiger partial charge in [-0.2, -0.15) is 5.26 Å². The second-order valence-electron chi connectivity index (χ2n) is 6.61. The maximum absolute atomic E-state index is 12.5. The Kier molecular flexibility index (Phi) is 6.63. The van der Waals surface area contributed by atoms with Gasteiger partial charge in [0.05, 0.1) is 18.4 Å². The summed E-state index contributed by atoms with van der Waals surface area (Å²) in [6.07, 6.45) is 5.95. The number of H-pyrrole nitrogens is 1. The van der Waals surface area contributed by atoms with Crippen LogP contribution in [-0.2, 0) is 9.47 Å². The van der Waals surface area contributed by atoms with E-state index in [9.17, 15) is 4.79 Å². The molecule has 0 radical (unpaired) electrons. The number of hydrogen-bond donors (Lipinski definition) is 2. The third kappa shape index (κ3) is 4.76. The Bertz CT molecular complexity index is 813. The number of aromatic nitrogens is 2. The van der Waals surface area contributed by atoms with E-state index in [1.807, 2.05) is 12.3 Å². The van der Waals surface area contributed by atoms with E-state index in [4.69, 9.17) is 14.7 Å². The van der Waals surface area contributed by atoms with Crippen molar-refractivity contribution < 1.29 is 14.3 Å². The van der Waals surface area contributed by atoms with E-state index in [-0.39, 0.29) is 12.6 Å². The van der Waals surface area contributed by atoms with E-state index in [1.165, 1.54) is 0 Å². The lowest BCUT2D eigenvalue weighted by molar-refractivity contribution is 0.0389. The monoisotopic (exact) mass is 371 g/mol. The fraction of sp³-hybridized carbons (Fsp3) is 0.526. The van der Waals surface area contributed by atoms with Gasteiger partial charge >= 0.3 is 5.97 Å². The van der Waals surface area contributed by atoms with Crippen LogP contribution in [0.3, 0.4) is 0 Å². The van der Waals surface area contributed by atoms with Gasteiger partial charge in [-0.3, -0.25) is 0 Å². The smallest absolute Gasteiger partial charge is 0.341 e. The summed E-state index contributed by atoms with van der Waals surface area (Å²) in [7, 11) is 1.56. The van der Waals surface area contributed by atoms with Gasteiger partial charge in [-0.1, -0.05) is 0 Å². The maximum Gasteiger partial charge on any atom is 0.341 e. The van der Waals surface area contributed by atoms with E-state index in [1.54, 1.807) is 13.3 Å². The highest BCUT2D eigenvalue weighted by Gasteiger charge is 2.24. The van der Waals surface area contributed by atoms with Gasteiger partial charge in [0, 0.05) is 50.4 Å². The number of nitrogens with one attached hydrogen (secondary N) is 2. The van der Waals surface area contributed by atoms with Crippen molar-refractivity contribution in [2.45, 2.75) is 25.3 Å². The summed E-state index contributed by atoms with van der Waals surface area (Å²) >= 11 is 0. The third-order valence-corrected chi connectivity index (χ3v) is 4.72. The number of pyridine rings is 1. The van der Waals surface area contributed by atoms with Crippen molar-refractivity contribution in [2.24, 2.45) is 0 Å². The van der Waals surface area contributed by atoms with Crippen molar-refractivity contribution in [1.29, 1.82) is 5.26 Å². The van der Waals surface area contributed by atoms with Crippen LogP contribution in [0.1, 0.15) is 29.6 Å². The molecule has 3 rings (SSSR count). The van der Waals surface area contributed by atoms with E-state index in [0.29, 0.717) is 18.6 Å². The zero-order chi connectivity index (χ0) is 19.1. The summed E-state index contributed by atoms with van der Waals surface area (Å²) in [5.41, 5.74) is 1.89. The number of likely N-dealkylation sites (tertiary alicyclic amines) is 1. The Morgan fingerprint density at radius 2 is 2.41 bits per heavy atom. The van der Waals surface area contributed by atoms with Crippen LogP contribution in [-0.4, -0.2) is 66.8 Å². The number of esters is 1. The molecule has 0 amide bonds. The average molecular weight is 371 g/mol. The molecule has 0 saturated carbocycles. The number of nitriles is 1. The number of anilines is 1.